The van der Waals surface area contributed by atoms with Crippen LogP contribution in [0.25, 0.3) is 0 Å². The average Bonchev–Trinajstić information content (AvgIpc) is 2.51. The van der Waals surface area contributed by atoms with Crippen molar-refractivity contribution in [2.75, 3.05) is 6.54 Å². The second-order valence-electron chi connectivity index (χ2n) is 5.84. The van der Waals surface area contributed by atoms with E-state index >= 15 is 0 Å². The Labute approximate surface area is 128 Å². The molecule has 1 aromatic heterocycles. The molecule has 1 heterocycles. The molecule has 112 valence electrons. The summed E-state index contributed by atoms with van der Waals surface area (Å²) in [6, 6.07) is 11.4. The van der Waals surface area contributed by atoms with Crippen LogP contribution in [0.3, 0.4) is 0 Å². The van der Waals surface area contributed by atoms with Crippen LogP contribution >= 0.6 is 0 Å². The minimum atomic E-state index is 0.339. The SMILES string of the molecule is CCCNC(c1ccc(C)c(C)c1)C(C)c1ccncc1. The Hall–Kier alpha value is -1.67. The van der Waals surface area contributed by atoms with Crippen molar-refractivity contribution in [1.29, 1.82) is 0 Å². The minimum absolute atomic E-state index is 0.339. The Morgan fingerprint density at radius 3 is 2.33 bits per heavy atom. The molecule has 2 aromatic rings. The van der Waals surface area contributed by atoms with Gasteiger partial charge >= 0.3 is 0 Å². The molecule has 0 spiro atoms. The van der Waals surface area contributed by atoms with Crippen LogP contribution in [0.2, 0.25) is 0 Å². The number of hydrogen-bond acceptors (Lipinski definition) is 2. The predicted molar refractivity (Wildman–Crippen MR) is 89.6 cm³/mol. The molecule has 0 saturated carbocycles. The van der Waals surface area contributed by atoms with Crippen molar-refractivity contribution in [3.8, 4) is 0 Å². The van der Waals surface area contributed by atoms with Gasteiger partial charge in [-0.3, -0.25) is 4.98 Å². The van der Waals surface area contributed by atoms with Crippen LogP contribution in [-0.2, 0) is 0 Å². The molecular formula is C19H26N2. The van der Waals surface area contributed by atoms with Crippen molar-refractivity contribution < 1.29 is 0 Å². The lowest BCUT2D eigenvalue weighted by molar-refractivity contribution is 0.466. The highest BCUT2D eigenvalue weighted by Gasteiger charge is 2.20. The molecule has 0 aliphatic carbocycles. The summed E-state index contributed by atoms with van der Waals surface area (Å²) in [5.41, 5.74) is 5.41. The zero-order valence-electron chi connectivity index (χ0n) is 13.6. The lowest BCUT2D eigenvalue weighted by atomic mass is 9.87. The van der Waals surface area contributed by atoms with Crippen molar-refractivity contribution >= 4 is 0 Å². The van der Waals surface area contributed by atoms with E-state index in [2.05, 4.69) is 68.3 Å². The fourth-order valence-corrected chi connectivity index (χ4v) is 2.70. The second kappa shape index (κ2) is 7.37. The van der Waals surface area contributed by atoms with Crippen LogP contribution in [0.1, 0.15) is 54.5 Å². The van der Waals surface area contributed by atoms with E-state index in [1.165, 1.54) is 22.3 Å². The smallest absolute Gasteiger partial charge is 0.0386 e. The Kier molecular flexibility index (Phi) is 5.51. The summed E-state index contributed by atoms with van der Waals surface area (Å²) in [5.74, 6) is 0.418. The number of nitrogens with one attached hydrogen (secondary N) is 1. The number of hydrogen-bond donors (Lipinski definition) is 1. The Morgan fingerprint density at radius 1 is 1.00 bits per heavy atom. The van der Waals surface area contributed by atoms with E-state index in [4.69, 9.17) is 0 Å². The summed E-state index contributed by atoms with van der Waals surface area (Å²) in [5, 5.41) is 3.71. The molecule has 1 aromatic carbocycles. The first-order chi connectivity index (χ1) is 10.1. The fourth-order valence-electron chi connectivity index (χ4n) is 2.70. The molecule has 2 atom stereocenters. The molecule has 0 amide bonds. The van der Waals surface area contributed by atoms with Crippen molar-refractivity contribution in [3.05, 3.63) is 65.0 Å². The molecule has 0 aliphatic heterocycles. The van der Waals surface area contributed by atoms with Crippen molar-refractivity contribution in [2.24, 2.45) is 0 Å². The first kappa shape index (κ1) is 15.7. The van der Waals surface area contributed by atoms with E-state index in [1.807, 2.05) is 12.4 Å². The lowest BCUT2D eigenvalue weighted by Gasteiger charge is -2.26. The molecule has 2 heteroatoms. The second-order valence-corrected chi connectivity index (χ2v) is 5.84. The summed E-state index contributed by atoms with van der Waals surface area (Å²) in [6.07, 6.45) is 4.90. The van der Waals surface area contributed by atoms with E-state index in [-0.39, 0.29) is 0 Å². The monoisotopic (exact) mass is 282 g/mol. The van der Waals surface area contributed by atoms with Gasteiger partial charge in [-0.15, -0.1) is 0 Å². The normalized spacial score (nSPS) is 13.9. The zero-order valence-corrected chi connectivity index (χ0v) is 13.6. The van der Waals surface area contributed by atoms with Gasteiger partial charge < -0.3 is 5.32 Å². The van der Waals surface area contributed by atoms with Gasteiger partial charge in [-0.25, -0.2) is 0 Å². The first-order valence-corrected chi connectivity index (χ1v) is 7.84. The van der Waals surface area contributed by atoms with E-state index in [9.17, 15) is 0 Å². The Bertz CT molecular complexity index is 563. The zero-order chi connectivity index (χ0) is 15.2. The lowest BCUT2D eigenvalue weighted by Crippen LogP contribution is -2.26. The molecule has 0 aliphatic rings. The number of aryl methyl sites for hydroxylation is 2. The van der Waals surface area contributed by atoms with Crippen molar-refractivity contribution in [3.63, 3.8) is 0 Å². The van der Waals surface area contributed by atoms with Gasteiger partial charge in [-0.1, -0.05) is 32.0 Å². The van der Waals surface area contributed by atoms with Gasteiger partial charge in [0.15, 0.2) is 0 Å². The van der Waals surface area contributed by atoms with Crippen molar-refractivity contribution in [1.82, 2.24) is 10.3 Å². The molecular weight excluding hydrogens is 256 g/mol. The molecule has 2 rings (SSSR count). The highest BCUT2D eigenvalue weighted by atomic mass is 14.9. The fraction of sp³-hybridized carbons (Fsp3) is 0.421. The molecule has 21 heavy (non-hydrogen) atoms. The third-order valence-electron chi connectivity index (χ3n) is 4.24. The number of rotatable bonds is 6. The number of benzene rings is 1. The van der Waals surface area contributed by atoms with E-state index in [1.54, 1.807) is 0 Å². The number of pyridine rings is 1. The van der Waals surface area contributed by atoms with Crippen LogP contribution in [-0.4, -0.2) is 11.5 Å². The third-order valence-corrected chi connectivity index (χ3v) is 4.24. The summed E-state index contributed by atoms with van der Waals surface area (Å²) < 4.78 is 0. The van der Waals surface area contributed by atoms with Crippen LogP contribution in [0.4, 0.5) is 0 Å². The summed E-state index contributed by atoms with van der Waals surface area (Å²) in [6.45, 7) is 9.89. The summed E-state index contributed by atoms with van der Waals surface area (Å²) >= 11 is 0. The number of nitrogens with zero attached hydrogens (tertiary/aromatic N) is 1. The minimum Gasteiger partial charge on any atom is -0.309 e. The Morgan fingerprint density at radius 2 is 1.71 bits per heavy atom. The van der Waals surface area contributed by atoms with E-state index < -0.39 is 0 Å². The predicted octanol–water partition coefficient (Wildman–Crippen LogP) is 4.54. The van der Waals surface area contributed by atoms with Gasteiger partial charge in [0.2, 0.25) is 0 Å². The van der Waals surface area contributed by atoms with Crippen LogP contribution in [0, 0.1) is 13.8 Å². The van der Waals surface area contributed by atoms with Gasteiger partial charge in [0.05, 0.1) is 0 Å². The van der Waals surface area contributed by atoms with Gasteiger partial charge in [0.25, 0.3) is 0 Å². The molecule has 2 unspecified atom stereocenters. The maximum absolute atomic E-state index is 4.13. The largest absolute Gasteiger partial charge is 0.309 e. The van der Waals surface area contributed by atoms with Gasteiger partial charge in [0, 0.05) is 24.4 Å². The first-order valence-electron chi connectivity index (χ1n) is 7.84. The standard InChI is InChI=1S/C19H26N2/c1-5-10-21-19(16(4)17-8-11-20-12-9-17)18-7-6-14(2)15(3)13-18/h6-9,11-13,16,19,21H,5,10H2,1-4H3. The van der Waals surface area contributed by atoms with Gasteiger partial charge in [-0.05, 0) is 61.2 Å². The van der Waals surface area contributed by atoms with Crippen LogP contribution in [0.15, 0.2) is 42.7 Å². The van der Waals surface area contributed by atoms with Crippen LogP contribution in [0.5, 0.6) is 0 Å². The highest BCUT2D eigenvalue weighted by molar-refractivity contribution is 5.34. The summed E-state index contributed by atoms with van der Waals surface area (Å²) in [4.78, 5) is 4.13. The third kappa shape index (κ3) is 3.92. The van der Waals surface area contributed by atoms with Crippen LogP contribution < -0.4 is 5.32 Å². The summed E-state index contributed by atoms with van der Waals surface area (Å²) in [7, 11) is 0. The Balaban J connectivity index is 2.31. The van der Waals surface area contributed by atoms with Gasteiger partial charge in [-0.2, -0.15) is 0 Å². The van der Waals surface area contributed by atoms with Crippen molar-refractivity contribution in [2.45, 2.75) is 46.1 Å². The molecule has 2 nitrogen and oxygen atoms in total. The average molecular weight is 282 g/mol. The molecule has 1 N–H and O–H groups in total. The maximum atomic E-state index is 4.13. The quantitative estimate of drug-likeness (QED) is 0.841. The van der Waals surface area contributed by atoms with E-state index in [0.29, 0.717) is 12.0 Å². The maximum Gasteiger partial charge on any atom is 0.0386 e. The van der Waals surface area contributed by atoms with E-state index in [0.717, 1.165) is 13.0 Å². The highest BCUT2D eigenvalue weighted by Crippen LogP contribution is 2.31. The number of aromatic nitrogens is 1. The van der Waals surface area contributed by atoms with Gasteiger partial charge in [0.1, 0.15) is 0 Å². The molecule has 0 bridgehead atoms. The molecule has 0 saturated heterocycles. The topological polar surface area (TPSA) is 24.9 Å². The molecule has 0 radical (unpaired) electrons. The molecule has 0 fully saturated rings.